The topological polar surface area (TPSA) is 55.8 Å². The summed E-state index contributed by atoms with van der Waals surface area (Å²) in [6, 6.07) is 3.69. The molecule has 0 saturated carbocycles. The lowest BCUT2D eigenvalue weighted by atomic mass is 9.94. The number of carbonyl (C=O) groups is 2. The average molecular weight is 353 g/mol. The maximum atomic E-state index is 12.0. The van der Waals surface area contributed by atoms with Gasteiger partial charge in [0.05, 0.1) is 4.88 Å². The summed E-state index contributed by atoms with van der Waals surface area (Å²) in [4.78, 5) is 26.4. The van der Waals surface area contributed by atoms with Crippen molar-refractivity contribution in [1.82, 2.24) is 4.90 Å². The Kier molecular flexibility index (Phi) is 6.80. The van der Waals surface area contributed by atoms with E-state index in [0.717, 1.165) is 37.2 Å². The lowest BCUT2D eigenvalue weighted by molar-refractivity contribution is 0.0166. The van der Waals surface area contributed by atoms with Crippen LogP contribution in [0.4, 0.5) is 4.79 Å². The van der Waals surface area contributed by atoms with E-state index in [1.54, 1.807) is 4.90 Å². The van der Waals surface area contributed by atoms with E-state index in [0.29, 0.717) is 12.5 Å². The third-order valence-electron chi connectivity index (χ3n) is 3.97. The molecule has 2 heterocycles. The molecule has 1 aromatic heterocycles. The third-order valence-corrected chi connectivity index (χ3v) is 4.88. The Morgan fingerprint density at radius 1 is 1.29 bits per heavy atom. The molecule has 0 unspecified atom stereocenters. The van der Waals surface area contributed by atoms with E-state index in [4.69, 9.17) is 9.47 Å². The maximum Gasteiger partial charge on any atom is 0.410 e. The van der Waals surface area contributed by atoms with E-state index in [1.165, 1.54) is 11.3 Å². The van der Waals surface area contributed by atoms with Gasteiger partial charge in [0.25, 0.3) is 0 Å². The predicted molar refractivity (Wildman–Crippen MR) is 94.6 cm³/mol. The Balaban J connectivity index is 1.60. The van der Waals surface area contributed by atoms with Crippen LogP contribution in [0.5, 0.6) is 0 Å². The van der Waals surface area contributed by atoms with Gasteiger partial charge in [-0.15, -0.1) is 11.3 Å². The van der Waals surface area contributed by atoms with Crippen LogP contribution < -0.4 is 0 Å². The number of likely N-dealkylation sites (tertiary alicyclic amines) is 1. The molecule has 0 N–H and O–H groups in total. The fourth-order valence-electron chi connectivity index (χ4n) is 2.65. The molecule has 0 radical (unpaired) electrons. The third kappa shape index (κ3) is 6.24. The summed E-state index contributed by atoms with van der Waals surface area (Å²) in [7, 11) is 0. The molecule has 24 heavy (non-hydrogen) atoms. The lowest BCUT2D eigenvalue weighted by Crippen LogP contribution is -2.41. The summed E-state index contributed by atoms with van der Waals surface area (Å²) in [6.45, 7) is 7.85. The molecule has 1 aliphatic heterocycles. The van der Waals surface area contributed by atoms with Crippen molar-refractivity contribution in [2.45, 2.75) is 45.6 Å². The summed E-state index contributed by atoms with van der Waals surface area (Å²) in [6.07, 6.45) is 2.63. The van der Waals surface area contributed by atoms with Crippen molar-refractivity contribution in [3.63, 3.8) is 0 Å². The Morgan fingerprint density at radius 2 is 2.00 bits per heavy atom. The molecule has 0 spiro atoms. The van der Waals surface area contributed by atoms with Crippen LogP contribution in [0, 0.1) is 5.92 Å². The zero-order chi connectivity index (χ0) is 17.6. The first kappa shape index (κ1) is 18.9. The van der Waals surface area contributed by atoms with Gasteiger partial charge in [-0.1, -0.05) is 6.07 Å². The number of nitrogens with zero attached hydrogens (tertiary/aromatic N) is 1. The van der Waals surface area contributed by atoms with Crippen LogP contribution in [0.15, 0.2) is 17.5 Å². The van der Waals surface area contributed by atoms with Crippen molar-refractivity contribution in [2.75, 3.05) is 26.3 Å². The van der Waals surface area contributed by atoms with Crippen LogP contribution in [0.2, 0.25) is 0 Å². The first-order valence-electron chi connectivity index (χ1n) is 8.47. The molecule has 0 bridgehead atoms. The predicted octanol–water partition coefficient (Wildman–Crippen LogP) is 3.98. The van der Waals surface area contributed by atoms with E-state index < -0.39 is 5.60 Å². The zero-order valence-electron chi connectivity index (χ0n) is 14.7. The number of carbonyl (C=O) groups excluding carboxylic acids is 2. The second-order valence-electron chi connectivity index (χ2n) is 7.15. The Bertz CT molecular complexity index is 528. The Morgan fingerprint density at radius 3 is 2.58 bits per heavy atom. The van der Waals surface area contributed by atoms with E-state index in [1.807, 2.05) is 38.3 Å². The Hall–Kier alpha value is -1.40. The summed E-state index contributed by atoms with van der Waals surface area (Å²) >= 11 is 1.44. The lowest BCUT2D eigenvalue weighted by Gasteiger charge is -2.33. The molecule has 1 aromatic rings. The standard InChI is InChI=1S/C18H27NO4S/c1-18(2,3)23-17(21)19-9-6-14(7-10-19)8-11-22-13-15(20)16-5-4-12-24-16/h4-5,12,14H,6-11,13H2,1-3H3. The summed E-state index contributed by atoms with van der Waals surface area (Å²) in [5.41, 5.74) is -0.448. The Labute approximate surface area is 147 Å². The van der Waals surface area contributed by atoms with Crippen LogP contribution >= 0.6 is 11.3 Å². The number of amides is 1. The zero-order valence-corrected chi connectivity index (χ0v) is 15.6. The van der Waals surface area contributed by atoms with Gasteiger partial charge >= 0.3 is 6.09 Å². The molecule has 0 atom stereocenters. The van der Waals surface area contributed by atoms with Crippen LogP contribution in [0.3, 0.4) is 0 Å². The normalized spacial score (nSPS) is 16.2. The smallest absolute Gasteiger partial charge is 0.410 e. The maximum absolute atomic E-state index is 12.0. The molecule has 0 aliphatic carbocycles. The van der Waals surface area contributed by atoms with Crippen molar-refractivity contribution in [3.8, 4) is 0 Å². The minimum atomic E-state index is -0.448. The van der Waals surface area contributed by atoms with E-state index in [2.05, 4.69) is 0 Å². The minimum Gasteiger partial charge on any atom is -0.444 e. The monoisotopic (exact) mass is 353 g/mol. The molecule has 134 valence electrons. The highest BCUT2D eigenvalue weighted by Crippen LogP contribution is 2.22. The molecule has 1 amide bonds. The first-order valence-corrected chi connectivity index (χ1v) is 9.35. The second kappa shape index (κ2) is 8.62. The number of ether oxygens (including phenoxy) is 2. The highest BCUT2D eigenvalue weighted by atomic mass is 32.1. The van der Waals surface area contributed by atoms with Gasteiger partial charge in [0, 0.05) is 19.7 Å². The summed E-state index contributed by atoms with van der Waals surface area (Å²) < 4.78 is 10.9. The van der Waals surface area contributed by atoms with Gasteiger partial charge in [-0.3, -0.25) is 4.79 Å². The SMILES string of the molecule is CC(C)(C)OC(=O)N1CCC(CCOCC(=O)c2cccs2)CC1. The van der Waals surface area contributed by atoms with Crippen molar-refractivity contribution >= 4 is 23.2 Å². The van der Waals surface area contributed by atoms with E-state index in [9.17, 15) is 9.59 Å². The molecular formula is C18H27NO4S. The van der Waals surface area contributed by atoms with Crippen molar-refractivity contribution < 1.29 is 19.1 Å². The van der Waals surface area contributed by atoms with Gasteiger partial charge < -0.3 is 14.4 Å². The molecule has 2 rings (SSSR count). The fraction of sp³-hybridized carbons (Fsp3) is 0.667. The number of hydrogen-bond acceptors (Lipinski definition) is 5. The number of thiophene rings is 1. The van der Waals surface area contributed by atoms with Crippen LogP contribution in [-0.4, -0.2) is 48.7 Å². The number of rotatable bonds is 6. The quantitative estimate of drug-likeness (QED) is 0.573. The molecule has 0 aromatic carbocycles. The molecule has 1 aliphatic rings. The van der Waals surface area contributed by atoms with Gasteiger partial charge in [0.2, 0.25) is 0 Å². The van der Waals surface area contributed by atoms with Crippen LogP contribution in [0.25, 0.3) is 0 Å². The highest BCUT2D eigenvalue weighted by Gasteiger charge is 2.26. The van der Waals surface area contributed by atoms with Gasteiger partial charge in [-0.05, 0) is 57.4 Å². The largest absolute Gasteiger partial charge is 0.444 e. The number of Topliss-reactive ketones (excluding diaryl/α,β-unsaturated/α-hetero) is 1. The first-order chi connectivity index (χ1) is 11.3. The fourth-order valence-corrected chi connectivity index (χ4v) is 3.31. The molecule has 1 fully saturated rings. The summed E-state index contributed by atoms with van der Waals surface area (Å²) in [5.74, 6) is 0.588. The molecule has 1 saturated heterocycles. The second-order valence-corrected chi connectivity index (χ2v) is 8.10. The van der Waals surface area contributed by atoms with Gasteiger partial charge in [0.15, 0.2) is 5.78 Å². The average Bonchev–Trinajstić information content (AvgIpc) is 3.04. The van der Waals surface area contributed by atoms with Crippen molar-refractivity contribution in [2.24, 2.45) is 5.92 Å². The van der Waals surface area contributed by atoms with Crippen LogP contribution in [0.1, 0.15) is 49.7 Å². The number of piperidine rings is 1. The van der Waals surface area contributed by atoms with Crippen molar-refractivity contribution in [1.29, 1.82) is 0 Å². The van der Waals surface area contributed by atoms with Crippen molar-refractivity contribution in [3.05, 3.63) is 22.4 Å². The van der Waals surface area contributed by atoms with E-state index in [-0.39, 0.29) is 18.5 Å². The van der Waals surface area contributed by atoms with E-state index >= 15 is 0 Å². The molecule has 6 heteroatoms. The highest BCUT2D eigenvalue weighted by molar-refractivity contribution is 7.12. The van der Waals surface area contributed by atoms with Gasteiger partial charge in [0.1, 0.15) is 12.2 Å². The number of ketones is 1. The molecular weight excluding hydrogens is 326 g/mol. The van der Waals surface area contributed by atoms with Crippen LogP contribution in [-0.2, 0) is 9.47 Å². The van der Waals surface area contributed by atoms with Gasteiger partial charge in [-0.25, -0.2) is 4.79 Å². The minimum absolute atomic E-state index is 0.0461. The number of hydrogen-bond donors (Lipinski definition) is 0. The molecule has 5 nitrogen and oxygen atoms in total. The summed E-state index contributed by atoms with van der Waals surface area (Å²) in [5, 5.41) is 1.89. The van der Waals surface area contributed by atoms with Gasteiger partial charge in [-0.2, -0.15) is 0 Å².